The molecule has 0 aliphatic heterocycles. The third-order valence-corrected chi connectivity index (χ3v) is 3.12. The number of thiazole rings is 1. The Hall–Kier alpha value is 0.550. The van der Waals surface area contributed by atoms with E-state index < -0.39 is 6.10 Å². The molecule has 0 aliphatic rings. The molecule has 1 aromatic heterocycles. The molecule has 56 valence electrons. The molecule has 1 aromatic rings. The van der Waals surface area contributed by atoms with Crippen LogP contribution in [0.3, 0.4) is 0 Å². The zero-order chi connectivity index (χ0) is 7.56. The van der Waals surface area contributed by atoms with Gasteiger partial charge in [-0.3, -0.25) is 0 Å². The summed E-state index contributed by atoms with van der Waals surface area (Å²) in [5.41, 5.74) is 0. The summed E-state index contributed by atoms with van der Waals surface area (Å²) in [5.74, 6) is 0. The van der Waals surface area contributed by atoms with Gasteiger partial charge >= 0.3 is 0 Å². The number of hydrogen-bond donors (Lipinski definition) is 1. The maximum atomic E-state index is 9.22. The molecular weight excluding hydrogens is 282 g/mol. The Morgan fingerprint density at radius 1 is 1.80 bits per heavy atom. The highest BCUT2D eigenvalue weighted by Gasteiger charge is 2.08. The van der Waals surface area contributed by atoms with Gasteiger partial charge in [0.25, 0.3) is 0 Å². The van der Waals surface area contributed by atoms with Crippen molar-refractivity contribution in [1.29, 1.82) is 0 Å². The van der Waals surface area contributed by atoms with E-state index in [1.54, 1.807) is 6.20 Å². The minimum Gasteiger partial charge on any atom is -0.385 e. The fourth-order valence-electron chi connectivity index (χ4n) is 0.487. The van der Waals surface area contributed by atoms with E-state index in [-0.39, 0.29) is 0 Å². The van der Waals surface area contributed by atoms with Gasteiger partial charge in [0, 0.05) is 5.33 Å². The summed E-state index contributed by atoms with van der Waals surface area (Å²) >= 11 is 7.87. The molecule has 1 atom stereocenters. The van der Waals surface area contributed by atoms with Crippen molar-refractivity contribution >= 4 is 43.2 Å². The summed E-state index contributed by atoms with van der Waals surface area (Å²) in [5, 5.41) is 10.5. The fourth-order valence-corrected chi connectivity index (χ4v) is 2.24. The first-order valence-electron chi connectivity index (χ1n) is 2.59. The van der Waals surface area contributed by atoms with Crippen LogP contribution in [0.5, 0.6) is 0 Å². The average molecular weight is 287 g/mol. The summed E-state index contributed by atoms with van der Waals surface area (Å²) in [7, 11) is 0. The topological polar surface area (TPSA) is 33.1 Å². The van der Waals surface area contributed by atoms with Gasteiger partial charge in [-0.05, 0) is 15.9 Å². The molecule has 5 heteroatoms. The minimum absolute atomic E-state index is 0.476. The molecule has 0 aliphatic carbocycles. The third-order valence-electron chi connectivity index (χ3n) is 0.927. The molecule has 1 rings (SSSR count). The number of alkyl halides is 1. The maximum Gasteiger partial charge on any atom is 0.123 e. The molecule has 1 heterocycles. The molecule has 0 amide bonds. The van der Waals surface area contributed by atoms with Crippen molar-refractivity contribution in [2.75, 3.05) is 5.33 Å². The van der Waals surface area contributed by atoms with Crippen molar-refractivity contribution in [2.24, 2.45) is 0 Å². The lowest BCUT2D eigenvalue weighted by Crippen LogP contribution is -1.95. The van der Waals surface area contributed by atoms with E-state index in [4.69, 9.17) is 0 Å². The van der Waals surface area contributed by atoms with E-state index in [1.165, 1.54) is 11.3 Å². The van der Waals surface area contributed by atoms with Crippen molar-refractivity contribution in [3.8, 4) is 0 Å². The summed E-state index contributed by atoms with van der Waals surface area (Å²) in [6.07, 6.45) is 1.21. The first-order chi connectivity index (χ1) is 4.74. The van der Waals surface area contributed by atoms with E-state index in [2.05, 4.69) is 36.8 Å². The van der Waals surface area contributed by atoms with Crippen LogP contribution in [-0.4, -0.2) is 15.4 Å². The van der Waals surface area contributed by atoms with Gasteiger partial charge in [-0.1, -0.05) is 15.9 Å². The highest BCUT2D eigenvalue weighted by atomic mass is 79.9. The largest absolute Gasteiger partial charge is 0.385 e. The van der Waals surface area contributed by atoms with Gasteiger partial charge in [-0.25, -0.2) is 4.98 Å². The second-order valence-corrected chi connectivity index (χ2v) is 4.76. The maximum absolute atomic E-state index is 9.22. The average Bonchev–Trinajstić information content (AvgIpc) is 2.34. The van der Waals surface area contributed by atoms with Crippen LogP contribution in [-0.2, 0) is 0 Å². The molecule has 2 nitrogen and oxygen atoms in total. The normalized spacial score (nSPS) is 13.5. The number of aromatic nitrogens is 1. The van der Waals surface area contributed by atoms with Gasteiger partial charge in [0.2, 0.25) is 0 Å². The van der Waals surface area contributed by atoms with E-state index in [0.29, 0.717) is 5.33 Å². The van der Waals surface area contributed by atoms with Gasteiger partial charge in [0.05, 0.1) is 9.98 Å². The molecule has 0 saturated heterocycles. The zero-order valence-corrected chi connectivity index (χ0v) is 8.91. The lowest BCUT2D eigenvalue weighted by Gasteiger charge is -1.98. The second kappa shape index (κ2) is 3.80. The van der Waals surface area contributed by atoms with Crippen LogP contribution in [0.25, 0.3) is 0 Å². The summed E-state index contributed by atoms with van der Waals surface area (Å²) in [6, 6.07) is 0. The monoisotopic (exact) mass is 285 g/mol. The Labute approximate surface area is 79.6 Å². The molecule has 10 heavy (non-hydrogen) atoms. The Morgan fingerprint density at radius 3 is 2.90 bits per heavy atom. The number of aliphatic hydroxyl groups is 1. The predicted molar refractivity (Wildman–Crippen MR) is 48.6 cm³/mol. The Kier molecular flexibility index (Phi) is 3.29. The Morgan fingerprint density at radius 2 is 2.50 bits per heavy atom. The van der Waals surface area contributed by atoms with Gasteiger partial charge in [0.15, 0.2) is 0 Å². The lowest BCUT2D eigenvalue weighted by molar-refractivity contribution is 0.205. The van der Waals surface area contributed by atoms with Gasteiger partial charge in [0.1, 0.15) is 11.1 Å². The number of hydrogen-bond acceptors (Lipinski definition) is 3. The Bertz CT molecular complexity index is 215. The quantitative estimate of drug-likeness (QED) is 0.847. The molecule has 0 aromatic carbocycles. The fraction of sp³-hybridized carbons (Fsp3) is 0.400. The van der Waals surface area contributed by atoms with Crippen LogP contribution in [0.4, 0.5) is 0 Å². The molecule has 0 fully saturated rings. The number of halogens is 2. The molecule has 1 N–H and O–H groups in total. The molecule has 0 bridgehead atoms. The van der Waals surface area contributed by atoms with E-state index in [1.807, 2.05) is 0 Å². The summed E-state index contributed by atoms with van der Waals surface area (Å²) < 4.78 is 0.947. The van der Waals surface area contributed by atoms with Crippen molar-refractivity contribution in [3.63, 3.8) is 0 Å². The Balaban J connectivity index is 2.74. The van der Waals surface area contributed by atoms with Crippen LogP contribution in [0, 0.1) is 0 Å². The molecule has 0 spiro atoms. The summed E-state index contributed by atoms with van der Waals surface area (Å²) in [6.45, 7) is 0. The predicted octanol–water partition coefficient (Wildman–Crippen LogP) is 2.33. The van der Waals surface area contributed by atoms with Crippen LogP contribution >= 0.6 is 43.2 Å². The first kappa shape index (κ1) is 8.64. The van der Waals surface area contributed by atoms with E-state index in [9.17, 15) is 5.11 Å². The van der Waals surface area contributed by atoms with Crippen LogP contribution in [0.15, 0.2) is 9.98 Å². The zero-order valence-electron chi connectivity index (χ0n) is 4.92. The second-order valence-electron chi connectivity index (χ2n) is 1.67. The number of nitrogens with zero attached hydrogens (tertiary/aromatic N) is 1. The molecule has 0 radical (unpaired) electrons. The van der Waals surface area contributed by atoms with Gasteiger partial charge in [-0.2, -0.15) is 0 Å². The van der Waals surface area contributed by atoms with Crippen molar-refractivity contribution in [2.45, 2.75) is 6.10 Å². The molecule has 1 unspecified atom stereocenters. The summed E-state index contributed by atoms with van der Waals surface area (Å²) in [4.78, 5) is 3.98. The van der Waals surface area contributed by atoms with Crippen molar-refractivity contribution < 1.29 is 5.11 Å². The van der Waals surface area contributed by atoms with Gasteiger partial charge in [-0.15, -0.1) is 11.3 Å². The number of aliphatic hydroxyl groups excluding tert-OH is 1. The standard InChI is InChI=1S/C5H5Br2NOS/c6-1-3(9)5-8-2-4(7)10-5/h2-3,9H,1H2. The minimum atomic E-state index is -0.476. The van der Waals surface area contributed by atoms with E-state index >= 15 is 0 Å². The smallest absolute Gasteiger partial charge is 0.123 e. The van der Waals surface area contributed by atoms with Crippen LogP contribution < -0.4 is 0 Å². The highest BCUT2D eigenvalue weighted by molar-refractivity contribution is 9.11. The lowest BCUT2D eigenvalue weighted by atomic mass is 10.4. The van der Waals surface area contributed by atoms with Crippen LogP contribution in [0.1, 0.15) is 11.1 Å². The molecular formula is C5H5Br2NOS. The van der Waals surface area contributed by atoms with E-state index in [0.717, 1.165) is 8.79 Å². The SMILES string of the molecule is OC(CBr)c1ncc(Br)s1. The first-order valence-corrected chi connectivity index (χ1v) is 5.32. The highest BCUT2D eigenvalue weighted by Crippen LogP contribution is 2.24. The number of rotatable bonds is 2. The molecule has 0 saturated carbocycles. The van der Waals surface area contributed by atoms with Gasteiger partial charge < -0.3 is 5.11 Å². The van der Waals surface area contributed by atoms with Crippen molar-refractivity contribution in [3.05, 3.63) is 15.0 Å². The third kappa shape index (κ3) is 2.02. The van der Waals surface area contributed by atoms with Crippen molar-refractivity contribution in [1.82, 2.24) is 4.98 Å². The van der Waals surface area contributed by atoms with Crippen LogP contribution in [0.2, 0.25) is 0 Å².